The van der Waals surface area contributed by atoms with E-state index in [2.05, 4.69) is 19.6 Å². The van der Waals surface area contributed by atoms with Crippen LogP contribution in [-0.4, -0.2) is 29.6 Å². The van der Waals surface area contributed by atoms with E-state index in [1.807, 2.05) is 6.92 Å². The molecule has 0 unspecified atom stereocenters. The molecule has 0 radical (unpaired) electrons. The lowest BCUT2D eigenvalue weighted by atomic mass is 10.2. The van der Waals surface area contributed by atoms with Gasteiger partial charge < -0.3 is 10.2 Å². The largest absolute Gasteiger partial charge is 0.397 e. The van der Waals surface area contributed by atoms with Gasteiger partial charge in [0.15, 0.2) is 0 Å². The van der Waals surface area contributed by atoms with Gasteiger partial charge in [0.1, 0.15) is 0 Å². The van der Waals surface area contributed by atoms with Gasteiger partial charge >= 0.3 is 0 Å². The number of aliphatic hydroxyl groups is 2. The van der Waals surface area contributed by atoms with Gasteiger partial charge in [-0.15, -0.1) is 0 Å². The molecule has 2 nitrogen and oxygen atoms in total. The molecule has 0 saturated heterocycles. The molecule has 1 aliphatic rings. The summed E-state index contributed by atoms with van der Waals surface area (Å²) in [5.74, 6) is 0.347. The summed E-state index contributed by atoms with van der Waals surface area (Å²) in [4.78, 5) is 0. The molecule has 3 atom stereocenters. The van der Waals surface area contributed by atoms with Gasteiger partial charge in [0, 0.05) is 5.73 Å². The van der Waals surface area contributed by atoms with E-state index in [1.165, 1.54) is 0 Å². The summed E-state index contributed by atoms with van der Waals surface area (Å²) in [6, 6.07) is 0. The average molecular weight is 188 g/mol. The van der Waals surface area contributed by atoms with Gasteiger partial charge in [0.25, 0.3) is 0 Å². The fourth-order valence-electron chi connectivity index (χ4n) is 1.40. The first-order chi connectivity index (χ1) is 5.23. The van der Waals surface area contributed by atoms with Crippen LogP contribution in [0.3, 0.4) is 0 Å². The normalized spacial score (nSPS) is 38.0. The lowest BCUT2D eigenvalue weighted by Gasteiger charge is -2.23. The van der Waals surface area contributed by atoms with Crippen LogP contribution in [-0.2, 0) is 0 Å². The van der Waals surface area contributed by atoms with Crippen molar-refractivity contribution in [2.45, 2.75) is 50.7 Å². The Bertz CT molecular complexity index is 172. The zero-order valence-electron chi connectivity index (χ0n) is 8.46. The summed E-state index contributed by atoms with van der Waals surface area (Å²) in [6.07, 6.45) is 1.66. The Morgan fingerprint density at radius 1 is 1.50 bits per heavy atom. The summed E-state index contributed by atoms with van der Waals surface area (Å²) in [6.45, 7) is 8.34. The number of rotatable bonds is 3. The number of aliphatic hydroxyl groups excluding tert-OH is 1. The Kier molecular flexibility index (Phi) is 2.40. The molecule has 2 N–H and O–H groups in total. The van der Waals surface area contributed by atoms with Crippen LogP contribution < -0.4 is 0 Å². The number of hydrogen-bond acceptors (Lipinski definition) is 2. The van der Waals surface area contributed by atoms with E-state index < -0.39 is 13.7 Å². The SMILES string of the molecule is C[C@@]1(O)C[C@@H]1C[C@@H](O)[Si](C)(C)C. The molecule has 0 aromatic rings. The van der Waals surface area contributed by atoms with Crippen molar-refractivity contribution < 1.29 is 10.2 Å². The Labute approximate surface area is 75.6 Å². The predicted octanol–water partition coefficient (Wildman–Crippen LogP) is 1.39. The highest BCUT2D eigenvalue weighted by molar-refractivity contribution is 6.77. The van der Waals surface area contributed by atoms with E-state index in [4.69, 9.17) is 0 Å². The predicted molar refractivity (Wildman–Crippen MR) is 52.7 cm³/mol. The summed E-state index contributed by atoms with van der Waals surface area (Å²) in [5, 5.41) is 19.3. The van der Waals surface area contributed by atoms with Crippen LogP contribution in [0.1, 0.15) is 19.8 Å². The van der Waals surface area contributed by atoms with Crippen LogP contribution in [0.25, 0.3) is 0 Å². The third-order valence-corrected chi connectivity index (χ3v) is 5.12. The van der Waals surface area contributed by atoms with E-state index >= 15 is 0 Å². The summed E-state index contributed by atoms with van der Waals surface area (Å²) in [7, 11) is -1.40. The molecule has 12 heavy (non-hydrogen) atoms. The van der Waals surface area contributed by atoms with Crippen LogP contribution in [0.15, 0.2) is 0 Å². The van der Waals surface area contributed by atoms with Gasteiger partial charge in [-0.1, -0.05) is 19.6 Å². The molecule has 0 aromatic carbocycles. The van der Waals surface area contributed by atoms with Gasteiger partial charge in [0.2, 0.25) is 0 Å². The molecule has 0 amide bonds. The lowest BCUT2D eigenvalue weighted by Crippen LogP contribution is -2.38. The minimum atomic E-state index is -1.40. The fraction of sp³-hybridized carbons (Fsp3) is 1.00. The molecule has 1 aliphatic carbocycles. The monoisotopic (exact) mass is 188 g/mol. The zero-order valence-corrected chi connectivity index (χ0v) is 9.46. The molecule has 3 heteroatoms. The van der Waals surface area contributed by atoms with Crippen LogP contribution in [0.4, 0.5) is 0 Å². The van der Waals surface area contributed by atoms with Gasteiger partial charge in [-0.3, -0.25) is 0 Å². The minimum absolute atomic E-state index is 0.156. The maximum absolute atomic E-state index is 9.78. The quantitative estimate of drug-likeness (QED) is 0.657. The molecule has 1 saturated carbocycles. The first-order valence-corrected chi connectivity index (χ1v) is 8.21. The molecule has 0 aliphatic heterocycles. The van der Waals surface area contributed by atoms with Gasteiger partial charge in [-0.2, -0.15) is 0 Å². The highest BCUT2D eigenvalue weighted by Crippen LogP contribution is 2.46. The Morgan fingerprint density at radius 2 is 1.92 bits per heavy atom. The maximum atomic E-state index is 9.78. The number of hydrogen-bond donors (Lipinski definition) is 2. The Hall–Kier alpha value is 0.137. The summed E-state index contributed by atoms with van der Waals surface area (Å²) >= 11 is 0. The second-order valence-electron chi connectivity index (χ2n) is 5.38. The molecule has 0 bridgehead atoms. The third kappa shape index (κ3) is 2.31. The molecular weight excluding hydrogens is 168 g/mol. The fourth-order valence-corrected chi connectivity index (χ4v) is 2.39. The second-order valence-corrected chi connectivity index (χ2v) is 10.8. The highest BCUT2D eigenvalue weighted by atomic mass is 28.3. The Morgan fingerprint density at radius 3 is 2.17 bits per heavy atom. The highest BCUT2D eigenvalue weighted by Gasteiger charge is 2.49. The third-order valence-electron chi connectivity index (χ3n) is 2.89. The van der Waals surface area contributed by atoms with Gasteiger partial charge in [0.05, 0.1) is 13.7 Å². The lowest BCUT2D eigenvalue weighted by molar-refractivity contribution is 0.134. The van der Waals surface area contributed by atoms with E-state index in [0.29, 0.717) is 5.92 Å². The van der Waals surface area contributed by atoms with Crippen LogP contribution in [0.5, 0.6) is 0 Å². The van der Waals surface area contributed by atoms with E-state index in [-0.39, 0.29) is 5.73 Å². The first kappa shape index (κ1) is 10.2. The first-order valence-electron chi connectivity index (χ1n) is 4.64. The van der Waals surface area contributed by atoms with Crippen molar-refractivity contribution in [3.8, 4) is 0 Å². The van der Waals surface area contributed by atoms with Crippen molar-refractivity contribution >= 4 is 8.07 Å². The van der Waals surface area contributed by atoms with Crippen molar-refractivity contribution in [1.29, 1.82) is 0 Å². The van der Waals surface area contributed by atoms with Crippen LogP contribution in [0.2, 0.25) is 19.6 Å². The van der Waals surface area contributed by atoms with Crippen molar-refractivity contribution in [1.82, 2.24) is 0 Å². The van der Waals surface area contributed by atoms with Crippen molar-refractivity contribution in [2.75, 3.05) is 0 Å². The standard InChI is InChI=1S/C9H20O2Si/c1-9(11)6-7(9)5-8(10)12(2,3)4/h7-8,10-11H,5-6H2,1-4H3/t7-,8-,9+/m0/s1. The van der Waals surface area contributed by atoms with Crippen molar-refractivity contribution in [3.05, 3.63) is 0 Å². The van der Waals surface area contributed by atoms with Crippen molar-refractivity contribution in [3.63, 3.8) is 0 Å². The smallest absolute Gasteiger partial charge is 0.0781 e. The van der Waals surface area contributed by atoms with E-state index in [1.54, 1.807) is 0 Å². The van der Waals surface area contributed by atoms with Gasteiger partial charge in [-0.05, 0) is 25.7 Å². The molecule has 0 heterocycles. The summed E-state index contributed by atoms with van der Waals surface area (Å²) < 4.78 is 0. The zero-order chi connectivity index (χ0) is 9.57. The van der Waals surface area contributed by atoms with Gasteiger partial charge in [-0.25, -0.2) is 0 Å². The molecule has 1 rings (SSSR count). The minimum Gasteiger partial charge on any atom is -0.397 e. The summed E-state index contributed by atoms with van der Waals surface area (Å²) in [5.41, 5.74) is -0.628. The molecular formula is C9H20O2Si. The molecule has 0 aromatic heterocycles. The second kappa shape index (κ2) is 2.82. The van der Waals surface area contributed by atoms with E-state index in [9.17, 15) is 10.2 Å². The molecule has 72 valence electrons. The van der Waals surface area contributed by atoms with E-state index in [0.717, 1.165) is 12.8 Å². The maximum Gasteiger partial charge on any atom is 0.0781 e. The van der Waals surface area contributed by atoms with Crippen molar-refractivity contribution in [2.24, 2.45) is 5.92 Å². The topological polar surface area (TPSA) is 40.5 Å². The average Bonchev–Trinajstić information content (AvgIpc) is 2.36. The molecule has 1 fully saturated rings. The Balaban J connectivity index is 2.34. The van der Waals surface area contributed by atoms with Crippen LogP contribution >= 0.6 is 0 Å². The van der Waals surface area contributed by atoms with Crippen LogP contribution in [0, 0.1) is 5.92 Å². The molecule has 0 spiro atoms.